The van der Waals surface area contributed by atoms with E-state index in [1.807, 2.05) is 113 Å². The van der Waals surface area contributed by atoms with Gasteiger partial charge in [0.15, 0.2) is 0 Å². The zero-order chi connectivity index (χ0) is 52.5. The summed E-state index contributed by atoms with van der Waals surface area (Å²) in [5.74, 6) is 0.914. The van der Waals surface area contributed by atoms with E-state index < -0.39 is 6.85 Å². The quantitative estimate of drug-likeness (QED) is 0.144. The van der Waals surface area contributed by atoms with E-state index in [9.17, 15) is 4.11 Å². The van der Waals surface area contributed by atoms with Crippen LogP contribution >= 0.6 is 0 Å². The van der Waals surface area contributed by atoms with E-state index in [-0.39, 0.29) is 34.9 Å². The van der Waals surface area contributed by atoms with Gasteiger partial charge < -0.3 is 14.5 Å². The summed E-state index contributed by atoms with van der Waals surface area (Å²) in [7, 11) is 0. The van der Waals surface area contributed by atoms with Crippen molar-refractivity contribution >= 4 is 44.6 Å². The summed E-state index contributed by atoms with van der Waals surface area (Å²) in [4.78, 5) is 9.27. The first-order valence-corrected chi connectivity index (χ1v) is 23.6. The van der Waals surface area contributed by atoms with E-state index >= 15 is 0 Å². The van der Waals surface area contributed by atoms with Gasteiger partial charge in [-0.25, -0.2) is 4.98 Å². The fraction of sp³-hybridized carbons (Fsp3) is 0.0923. The Balaban J connectivity index is 0.981. The van der Waals surface area contributed by atoms with Gasteiger partial charge >= 0.3 is 0 Å². The maximum atomic E-state index is 9.41. The van der Waals surface area contributed by atoms with Crippen molar-refractivity contribution in [3.05, 3.63) is 242 Å². The molecular weight excluding hydrogens is 853 g/mol. The number of hydrogen-bond donors (Lipinski definition) is 0. The monoisotopic (exact) mass is 910 g/mol. The van der Waals surface area contributed by atoms with E-state index in [4.69, 9.17) is 13.8 Å². The minimum absolute atomic E-state index is 0.00366. The number of aromatic nitrogens is 2. The molecule has 5 nitrogen and oxygen atoms in total. The average Bonchev–Trinajstić information content (AvgIpc) is 4.08. The summed E-state index contributed by atoms with van der Waals surface area (Å²) in [6, 6.07) is 68.0. The van der Waals surface area contributed by atoms with Crippen molar-refractivity contribution in [3.8, 4) is 61.8 Å². The average molecular weight is 911 g/mol. The molecule has 0 radical (unpaired) electrons. The van der Waals surface area contributed by atoms with Gasteiger partial charge in [0.1, 0.15) is 24.0 Å². The summed E-state index contributed by atoms with van der Waals surface area (Å²) in [5.41, 5.74) is 13.7. The predicted octanol–water partition coefficient (Wildman–Crippen LogP) is 17.5. The highest BCUT2D eigenvalue weighted by molar-refractivity contribution is 6.11. The number of aryl methyl sites for hydroxylation is 1. The third-order valence-corrected chi connectivity index (χ3v) is 13.4. The second kappa shape index (κ2) is 17.4. The van der Waals surface area contributed by atoms with Gasteiger partial charge in [0.05, 0.1) is 32.2 Å². The minimum Gasteiger partial charge on any atom is -0.457 e. The lowest BCUT2D eigenvalue weighted by Crippen LogP contribution is -2.24. The molecule has 1 aliphatic rings. The van der Waals surface area contributed by atoms with E-state index in [1.54, 1.807) is 18.3 Å². The molecule has 1 aliphatic heterocycles. The summed E-state index contributed by atoms with van der Waals surface area (Å²) in [6.45, 7) is 4.47. The molecule has 338 valence electrons. The number of ether oxygens (including phenoxy) is 1. The highest BCUT2D eigenvalue weighted by Gasteiger charge is 2.31. The van der Waals surface area contributed by atoms with Crippen LogP contribution in [0.1, 0.15) is 40.1 Å². The SMILES string of the molecule is [2H]c1c(Oc2ccc3c4cc(-c5ccc(C(C)(C)C)cc5)ccc4n(-c4cc(C([2H])([2H])[2H])c(-c5ccccc5)cn4)c3c2)cc(N2CN(c3c(-c4ccccc4)cccc3-c3ccccc3)c3ccccc32)c([2H])c1[2H]. The topological polar surface area (TPSA) is 33.5 Å². The predicted molar refractivity (Wildman–Crippen MR) is 292 cm³/mol. The fourth-order valence-electron chi connectivity index (χ4n) is 9.90. The van der Waals surface area contributed by atoms with Crippen LogP contribution in [0.15, 0.2) is 231 Å². The van der Waals surface area contributed by atoms with E-state index in [1.165, 1.54) is 5.56 Å². The first-order chi connectivity index (χ1) is 36.7. The lowest BCUT2D eigenvalue weighted by Gasteiger charge is -2.27. The second-order valence-corrected chi connectivity index (χ2v) is 18.8. The van der Waals surface area contributed by atoms with Crippen LogP contribution in [0.3, 0.4) is 0 Å². The third kappa shape index (κ3) is 7.76. The molecule has 0 saturated carbocycles. The Hall–Kier alpha value is -8.67. The van der Waals surface area contributed by atoms with Gasteiger partial charge in [-0.2, -0.15) is 0 Å². The number of para-hydroxylation sites is 3. The maximum Gasteiger partial charge on any atom is 0.137 e. The molecule has 12 rings (SSSR count). The molecule has 0 fully saturated rings. The summed E-state index contributed by atoms with van der Waals surface area (Å²) in [5, 5.41) is 1.81. The van der Waals surface area contributed by atoms with E-state index in [2.05, 4.69) is 117 Å². The number of pyridine rings is 1. The van der Waals surface area contributed by atoms with Gasteiger partial charge in [-0.3, -0.25) is 4.57 Å². The van der Waals surface area contributed by atoms with Gasteiger partial charge in [-0.05, 0) is 106 Å². The van der Waals surface area contributed by atoms with Crippen molar-refractivity contribution in [2.75, 3.05) is 16.5 Å². The van der Waals surface area contributed by atoms with Crippen LogP contribution in [-0.4, -0.2) is 16.2 Å². The number of fused-ring (bicyclic) bond motifs is 4. The molecule has 0 bridgehead atoms. The normalized spacial score (nSPS) is 13.9. The minimum atomic E-state index is -2.45. The Kier molecular flexibility index (Phi) is 9.07. The van der Waals surface area contributed by atoms with Gasteiger partial charge in [-0.1, -0.05) is 178 Å². The molecule has 0 atom stereocenters. The van der Waals surface area contributed by atoms with Gasteiger partial charge in [-0.15, -0.1) is 0 Å². The smallest absolute Gasteiger partial charge is 0.137 e. The molecule has 0 aliphatic carbocycles. The standard InChI is InChI=1S/C65H52N4O/c1-44-38-63(66-42-58(44)48-22-12-7-13-23-48)69-59-37-32-49(45-30-33-50(34-31-45)65(2,3)4)39-57(59)56-36-35-53(41-62(56)69)70-52-25-16-24-51(40-52)67-43-68(61-29-15-14-28-60(61)67)64-54(46-18-8-5-9-19-46)26-17-27-55(64)47-20-10-6-11-21-47/h5-42H,43H2,1-4H3/i1D3,16D,24D,25D. The van der Waals surface area contributed by atoms with Gasteiger partial charge in [0, 0.05) is 55.6 Å². The molecule has 0 amide bonds. The molecule has 0 spiro atoms. The Bertz CT molecular complexity index is 3950. The van der Waals surface area contributed by atoms with Gasteiger partial charge in [0.25, 0.3) is 0 Å². The van der Waals surface area contributed by atoms with E-state index in [0.29, 0.717) is 35.0 Å². The van der Waals surface area contributed by atoms with Gasteiger partial charge in [0.2, 0.25) is 0 Å². The van der Waals surface area contributed by atoms with Crippen molar-refractivity contribution < 1.29 is 13.0 Å². The van der Waals surface area contributed by atoms with Crippen LogP contribution in [0.5, 0.6) is 11.5 Å². The zero-order valence-electron chi connectivity index (χ0n) is 45.1. The van der Waals surface area contributed by atoms with Crippen LogP contribution in [0.2, 0.25) is 0 Å². The van der Waals surface area contributed by atoms with Crippen molar-refractivity contribution in [1.29, 1.82) is 0 Å². The first kappa shape index (κ1) is 36.4. The third-order valence-electron chi connectivity index (χ3n) is 13.4. The molecule has 0 saturated heterocycles. The summed E-state index contributed by atoms with van der Waals surface area (Å²) >= 11 is 0. The molecule has 9 aromatic carbocycles. The second-order valence-electron chi connectivity index (χ2n) is 18.8. The van der Waals surface area contributed by atoms with Crippen LogP contribution in [0.4, 0.5) is 22.7 Å². The first-order valence-electron chi connectivity index (χ1n) is 26.6. The van der Waals surface area contributed by atoms with Crippen molar-refractivity contribution in [3.63, 3.8) is 0 Å². The molecule has 0 unspecified atom stereocenters. The highest BCUT2D eigenvalue weighted by atomic mass is 16.5. The molecule has 70 heavy (non-hydrogen) atoms. The lowest BCUT2D eigenvalue weighted by atomic mass is 9.86. The maximum absolute atomic E-state index is 9.41. The number of nitrogens with zero attached hydrogens (tertiary/aromatic N) is 4. The molecule has 5 heteroatoms. The molecular formula is C65H52N4O. The molecule has 3 heterocycles. The lowest BCUT2D eigenvalue weighted by molar-refractivity contribution is 0.483. The Morgan fingerprint density at radius 1 is 0.514 bits per heavy atom. The number of benzene rings is 9. The van der Waals surface area contributed by atoms with E-state index in [0.717, 1.165) is 72.3 Å². The highest BCUT2D eigenvalue weighted by Crippen LogP contribution is 2.50. The number of rotatable bonds is 9. The Labute approximate surface area is 418 Å². The summed E-state index contributed by atoms with van der Waals surface area (Å²) in [6.07, 6.45) is 1.64. The van der Waals surface area contributed by atoms with Crippen molar-refractivity contribution in [2.45, 2.75) is 33.0 Å². The number of anilines is 4. The molecule has 11 aromatic rings. The Morgan fingerprint density at radius 2 is 1.14 bits per heavy atom. The van der Waals surface area contributed by atoms with Crippen LogP contribution < -0.4 is 14.5 Å². The van der Waals surface area contributed by atoms with Crippen molar-refractivity contribution in [2.24, 2.45) is 0 Å². The van der Waals surface area contributed by atoms with Crippen LogP contribution in [0.25, 0.3) is 72.1 Å². The largest absolute Gasteiger partial charge is 0.457 e. The number of hydrogen-bond acceptors (Lipinski definition) is 4. The van der Waals surface area contributed by atoms with Crippen molar-refractivity contribution in [1.82, 2.24) is 9.55 Å². The van der Waals surface area contributed by atoms with Crippen LogP contribution in [-0.2, 0) is 5.41 Å². The fourth-order valence-corrected chi connectivity index (χ4v) is 9.90. The molecule has 2 aromatic heterocycles. The summed E-state index contributed by atoms with van der Waals surface area (Å²) < 4.78 is 62.6. The zero-order valence-corrected chi connectivity index (χ0v) is 39.1. The Morgan fingerprint density at radius 3 is 1.80 bits per heavy atom. The van der Waals surface area contributed by atoms with Crippen LogP contribution in [0, 0.1) is 6.85 Å². The molecule has 0 N–H and O–H groups in total.